The first kappa shape index (κ1) is 11.7. The number of hydrogen-bond donors (Lipinski definition) is 1. The summed E-state index contributed by atoms with van der Waals surface area (Å²) in [7, 11) is 0. The summed E-state index contributed by atoms with van der Waals surface area (Å²) in [4.78, 5) is 0. The molecular formula is C17H21N. The van der Waals surface area contributed by atoms with Crippen molar-refractivity contribution in [2.75, 3.05) is 0 Å². The molecule has 2 aromatic carbocycles. The molecule has 0 aromatic heterocycles. The molecule has 3 rings (SSSR count). The van der Waals surface area contributed by atoms with Crippen LogP contribution in [0.5, 0.6) is 0 Å². The van der Waals surface area contributed by atoms with Crippen molar-refractivity contribution in [3.8, 4) is 0 Å². The second-order valence-corrected chi connectivity index (χ2v) is 5.62. The molecule has 1 unspecified atom stereocenters. The smallest absolute Gasteiger partial charge is 0.00796 e. The van der Waals surface area contributed by atoms with Crippen LogP contribution in [0.2, 0.25) is 0 Å². The summed E-state index contributed by atoms with van der Waals surface area (Å²) >= 11 is 0. The molecule has 0 amide bonds. The lowest BCUT2D eigenvalue weighted by molar-refractivity contribution is 0.552. The lowest BCUT2D eigenvalue weighted by Gasteiger charge is -2.13. The fourth-order valence-corrected chi connectivity index (χ4v) is 2.71. The van der Waals surface area contributed by atoms with Crippen LogP contribution < -0.4 is 5.73 Å². The maximum Gasteiger partial charge on any atom is 0.00796 e. The van der Waals surface area contributed by atoms with Gasteiger partial charge in [0.1, 0.15) is 0 Å². The molecule has 1 fully saturated rings. The van der Waals surface area contributed by atoms with Gasteiger partial charge in [-0.1, -0.05) is 55.3 Å². The Hall–Kier alpha value is -1.34. The molecule has 1 nitrogen and oxygen atoms in total. The first-order valence-corrected chi connectivity index (χ1v) is 7.05. The molecule has 0 spiro atoms. The molecule has 94 valence electrons. The van der Waals surface area contributed by atoms with Gasteiger partial charge in [0.05, 0.1) is 0 Å². The van der Waals surface area contributed by atoms with Crippen molar-refractivity contribution in [2.45, 2.75) is 38.1 Å². The van der Waals surface area contributed by atoms with Crippen LogP contribution in [0.25, 0.3) is 10.8 Å². The molecule has 18 heavy (non-hydrogen) atoms. The van der Waals surface area contributed by atoms with Crippen LogP contribution in [0, 0.1) is 5.92 Å². The molecule has 0 heterocycles. The minimum atomic E-state index is 0.316. The summed E-state index contributed by atoms with van der Waals surface area (Å²) in [5.74, 6) is 0.989. The van der Waals surface area contributed by atoms with Gasteiger partial charge in [-0.05, 0) is 41.5 Å². The average Bonchev–Trinajstić information content (AvgIpc) is 3.21. The van der Waals surface area contributed by atoms with Crippen molar-refractivity contribution in [2.24, 2.45) is 11.7 Å². The topological polar surface area (TPSA) is 26.0 Å². The highest BCUT2D eigenvalue weighted by molar-refractivity contribution is 5.85. The molecule has 1 atom stereocenters. The molecule has 0 bridgehead atoms. The Labute approximate surface area is 109 Å². The van der Waals surface area contributed by atoms with E-state index in [2.05, 4.69) is 42.5 Å². The molecule has 2 N–H and O–H groups in total. The van der Waals surface area contributed by atoms with Gasteiger partial charge in [0, 0.05) is 6.04 Å². The van der Waals surface area contributed by atoms with Crippen molar-refractivity contribution >= 4 is 10.8 Å². The van der Waals surface area contributed by atoms with E-state index in [-0.39, 0.29) is 0 Å². The molecule has 2 aromatic rings. The van der Waals surface area contributed by atoms with E-state index < -0.39 is 0 Å². The van der Waals surface area contributed by atoms with Crippen molar-refractivity contribution < 1.29 is 0 Å². The summed E-state index contributed by atoms with van der Waals surface area (Å²) in [6.07, 6.45) is 6.37. The number of hydrogen-bond acceptors (Lipinski definition) is 1. The number of nitrogens with two attached hydrogens (primary N) is 1. The summed E-state index contributed by atoms with van der Waals surface area (Å²) in [6, 6.07) is 15.4. The van der Waals surface area contributed by atoms with Gasteiger partial charge in [-0.15, -0.1) is 0 Å². The van der Waals surface area contributed by atoms with E-state index in [1.165, 1.54) is 42.0 Å². The third-order valence-corrected chi connectivity index (χ3v) is 4.00. The highest BCUT2D eigenvalue weighted by atomic mass is 14.6. The van der Waals surface area contributed by atoms with E-state index >= 15 is 0 Å². The standard InChI is InChI=1S/C17H21N/c18-16(11-10-13-8-9-13)12-15-6-3-5-14-4-1-2-7-17(14)15/h1-7,13,16H,8-12,18H2. The van der Waals surface area contributed by atoms with E-state index in [9.17, 15) is 0 Å². The lowest BCUT2D eigenvalue weighted by atomic mass is 9.96. The Morgan fingerprint density at radius 2 is 1.83 bits per heavy atom. The van der Waals surface area contributed by atoms with Crippen molar-refractivity contribution in [3.63, 3.8) is 0 Å². The van der Waals surface area contributed by atoms with Crippen LogP contribution in [0.4, 0.5) is 0 Å². The molecule has 1 aliphatic rings. The van der Waals surface area contributed by atoms with Gasteiger partial charge < -0.3 is 5.73 Å². The minimum Gasteiger partial charge on any atom is -0.327 e. The van der Waals surface area contributed by atoms with E-state index in [0.29, 0.717) is 6.04 Å². The Morgan fingerprint density at radius 1 is 1.06 bits per heavy atom. The van der Waals surface area contributed by atoms with E-state index in [0.717, 1.165) is 12.3 Å². The summed E-state index contributed by atoms with van der Waals surface area (Å²) in [5, 5.41) is 2.69. The number of rotatable bonds is 5. The number of benzene rings is 2. The molecule has 0 saturated heterocycles. The Balaban J connectivity index is 1.72. The van der Waals surface area contributed by atoms with E-state index in [4.69, 9.17) is 5.73 Å². The van der Waals surface area contributed by atoms with Crippen LogP contribution in [0.1, 0.15) is 31.2 Å². The van der Waals surface area contributed by atoms with Crippen molar-refractivity contribution in [1.29, 1.82) is 0 Å². The van der Waals surface area contributed by atoms with Gasteiger partial charge in [-0.25, -0.2) is 0 Å². The van der Waals surface area contributed by atoms with Gasteiger partial charge in [0.25, 0.3) is 0 Å². The summed E-state index contributed by atoms with van der Waals surface area (Å²) in [5.41, 5.74) is 7.67. The predicted octanol–water partition coefficient (Wildman–Crippen LogP) is 3.90. The Kier molecular flexibility index (Phi) is 3.33. The van der Waals surface area contributed by atoms with E-state index in [1.807, 2.05) is 0 Å². The molecule has 1 saturated carbocycles. The third-order valence-electron chi connectivity index (χ3n) is 4.00. The highest BCUT2D eigenvalue weighted by Gasteiger charge is 2.21. The fourth-order valence-electron chi connectivity index (χ4n) is 2.71. The van der Waals surface area contributed by atoms with Gasteiger partial charge in [-0.3, -0.25) is 0 Å². The second kappa shape index (κ2) is 5.11. The first-order valence-electron chi connectivity index (χ1n) is 7.05. The summed E-state index contributed by atoms with van der Waals surface area (Å²) < 4.78 is 0. The predicted molar refractivity (Wildman–Crippen MR) is 77.6 cm³/mol. The zero-order chi connectivity index (χ0) is 12.4. The molecule has 0 radical (unpaired) electrons. The number of fused-ring (bicyclic) bond motifs is 1. The Bertz CT molecular complexity index is 523. The third kappa shape index (κ3) is 2.73. The fraction of sp³-hybridized carbons (Fsp3) is 0.412. The normalized spacial score (nSPS) is 16.9. The molecular weight excluding hydrogens is 218 g/mol. The molecule has 0 aliphatic heterocycles. The van der Waals surface area contributed by atoms with Crippen LogP contribution in [-0.4, -0.2) is 6.04 Å². The molecule has 1 heteroatoms. The van der Waals surface area contributed by atoms with Crippen molar-refractivity contribution in [3.05, 3.63) is 48.0 Å². The first-order chi connectivity index (χ1) is 8.83. The zero-order valence-electron chi connectivity index (χ0n) is 10.8. The SMILES string of the molecule is NC(CCC1CC1)Cc1cccc2ccccc12. The van der Waals surface area contributed by atoms with E-state index in [1.54, 1.807) is 0 Å². The van der Waals surface area contributed by atoms with Crippen LogP contribution in [0.15, 0.2) is 42.5 Å². The zero-order valence-corrected chi connectivity index (χ0v) is 10.8. The molecule has 1 aliphatic carbocycles. The van der Waals surface area contributed by atoms with Gasteiger partial charge >= 0.3 is 0 Å². The Morgan fingerprint density at radius 3 is 2.67 bits per heavy atom. The van der Waals surface area contributed by atoms with Gasteiger partial charge in [0.2, 0.25) is 0 Å². The quantitative estimate of drug-likeness (QED) is 0.841. The largest absolute Gasteiger partial charge is 0.327 e. The minimum absolute atomic E-state index is 0.316. The monoisotopic (exact) mass is 239 g/mol. The van der Waals surface area contributed by atoms with Crippen molar-refractivity contribution in [1.82, 2.24) is 0 Å². The average molecular weight is 239 g/mol. The maximum absolute atomic E-state index is 6.27. The lowest BCUT2D eigenvalue weighted by Crippen LogP contribution is -2.22. The summed E-state index contributed by atoms with van der Waals surface area (Å²) in [6.45, 7) is 0. The van der Waals surface area contributed by atoms with Crippen LogP contribution >= 0.6 is 0 Å². The second-order valence-electron chi connectivity index (χ2n) is 5.62. The van der Waals surface area contributed by atoms with Gasteiger partial charge in [-0.2, -0.15) is 0 Å². The highest BCUT2D eigenvalue weighted by Crippen LogP contribution is 2.34. The maximum atomic E-state index is 6.27. The van der Waals surface area contributed by atoms with Gasteiger partial charge in [0.15, 0.2) is 0 Å². The van der Waals surface area contributed by atoms with Crippen LogP contribution in [0.3, 0.4) is 0 Å². The van der Waals surface area contributed by atoms with Crippen LogP contribution in [-0.2, 0) is 6.42 Å².